The molecule has 10 heteroatoms. The minimum atomic E-state index is -4.13. The number of halogens is 3. The first-order valence-electron chi connectivity index (χ1n) is 7.14. The van der Waals surface area contributed by atoms with Crippen molar-refractivity contribution < 1.29 is 31.1 Å². The largest absolute Gasteiger partial charge is 0.481 e. The average molecular weight is 374 g/mol. The van der Waals surface area contributed by atoms with E-state index in [1.54, 1.807) is 12.1 Å². The van der Waals surface area contributed by atoms with Gasteiger partial charge in [-0.15, -0.1) is 0 Å². The van der Waals surface area contributed by atoms with E-state index in [-0.39, 0.29) is 23.1 Å². The number of hydrogen-bond donors (Lipinski definition) is 0. The lowest BCUT2D eigenvalue weighted by atomic mass is 10.2. The van der Waals surface area contributed by atoms with Gasteiger partial charge in [0.2, 0.25) is 5.88 Å². The first-order valence-corrected chi connectivity index (χ1v) is 8.58. The van der Waals surface area contributed by atoms with Crippen LogP contribution in [-0.2, 0) is 16.4 Å². The summed E-state index contributed by atoms with van der Waals surface area (Å²) in [6, 6.07) is 5.80. The van der Waals surface area contributed by atoms with E-state index in [0.717, 1.165) is 22.5 Å². The second-order valence-corrected chi connectivity index (χ2v) is 7.00. The summed E-state index contributed by atoms with van der Waals surface area (Å²) in [6.45, 7) is -3.15. The lowest BCUT2D eigenvalue weighted by molar-refractivity contribution is -0.0523. The van der Waals surface area contributed by atoms with Gasteiger partial charge in [-0.2, -0.15) is 13.8 Å². The Bertz CT molecular complexity index is 906. The van der Waals surface area contributed by atoms with Gasteiger partial charge in [0, 0.05) is 18.7 Å². The minimum Gasteiger partial charge on any atom is -0.481 e. The van der Waals surface area contributed by atoms with Crippen molar-refractivity contribution in [3.63, 3.8) is 0 Å². The fraction of sp³-hybridized carbons (Fsp3) is 0.267. The molecule has 1 aliphatic heterocycles. The van der Waals surface area contributed by atoms with Crippen LogP contribution in [0.15, 0.2) is 35.2 Å². The number of aromatic nitrogens is 1. The van der Waals surface area contributed by atoms with Crippen LogP contribution in [-0.4, -0.2) is 33.7 Å². The zero-order valence-electron chi connectivity index (χ0n) is 12.9. The van der Waals surface area contributed by atoms with Gasteiger partial charge in [-0.3, -0.25) is 0 Å². The van der Waals surface area contributed by atoms with Crippen LogP contribution in [0, 0.1) is 5.82 Å². The van der Waals surface area contributed by atoms with Crippen molar-refractivity contribution in [2.24, 2.45) is 0 Å². The predicted octanol–water partition coefficient (Wildman–Crippen LogP) is 2.58. The lowest BCUT2D eigenvalue weighted by Gasteiger charge is -2.19. The highest BCUT2D eigenvalue weighted by Crippen LogP contribution is 2.34. The third-order valence-electron chi connectivity index (χ3n) is 3.67. The summed E-state index contributed by atoms with van der Waals surface area (Å²) in [5, 5.41) is 0. The van der Waals surface area contributed by atoms with E-state index < -0.39 is 28.2 Å². The Hall–Kier alpha value is -2.49. The Kier molecular flexibility index (Phi) is 4.46. The molecule has 0 bridgehead atoms. The second kappa shape index (κ2) is 6.43. The van der Waals surface area contributed by atoms with Crippen LogP contribution in [0.2, 0.25) is 0 Å². The third-order valence-corrected chi connectivity index (χ3v) is 5.45. The summed E-state index contributed by atoms with van der Waals surface area (Å²) in [5.41, 5.74) is 0.704. The molecule has 25 heavy (non-hydrogen) atoms. The average Bonchev–Trinajstić information content (AvgIpc) is 3.00. The highest BCUT2D eigenvalue weighted by Gasteiger charge is 2.33. The number of rotatable bonds is 5. The number of hydrogen-bond acceptors (Lipinski definition) is 5. The molecule has 0 aliphatic carbocycles. The van der Waals surface area contributed by atoms with Crippen molar-refractivity contribution in [1.29, 1.82) is 0 Å². The van der Waals surface area contributed by atoms with Gasteiger partial charge in [0.1, 0.15) is 5.82 Å². The molecule has 0 saturated carbocycles. The Labute approximate surface area is 141 Å². The summed E-state index contributed by atoms with van der Waals surface area (Å²) >= 11 is 0. The Morgan fingerprint density at radius 3 is 2.68 bits per heavy atom. The zero-order valence-corrected chi connectivity index (χ0v) is 13.8. The van der Waals surface area contributed by atoms with Crippen LogP contribution >= 0.6 is 0 Å². The fourth-order valence-corrected chi connectivity index (χ4v) is 3.97. The Balaban J connectivity index is 2.02. The Morgan fingerprint density at radius 2 is 2.00 bits per heavy atom. The number of fused-ring (bicyclic) bond motifs is 1. The molecule has 2 heterocycles. The summed E-state index contributed by atoms with van der Waals surface area (Å²) in [6.07, 6.45) is 0.438. The van der Waals surface area contributed by atoms with Crippen molar-refractivity contribution in [3.8, 4) is 11.6 Å². The van der Waals surface area contributed by atoms with Crippen molar-refractivity contribution in [2.45, 2.75) is 17.9 Å². The topological polar surface area (TPSA) is 68.7 Å². The maximum Gasteiger partial charge on any atom is 0.387 e. The summed E-state index contributed by atoms with van der Waals surface area (Å²) in [5.74, 6) is -1.49. The number of methoxy groups -OCH3 is 1. The number of sulfonamides is 1. The van der Waals surface area contributed by atoms with Crippen molar-refractivity contribution >= 4 is 15.8 Å². The molecule has 0 atom stereocenters. The van der Waals surface area contributed by atoms with Crippen LogP contribution in [0.4, 0.5) is 19.0 Å². The second-order valence-electron chi connectivity index (χ2n) is 5.13. The summed E-state index contributed by atoms with van der Waals surface area (Å²) < 4.78 is 73.9. The maximum atomic E-state index is 13.5. The quantitative estimate of drug-likeness (QED) is 0.805. The number of anilines is 1. The molecule has 0 fully saturated rings. The van der Waals surface area contributed by atoms with E-state index in [9.17, 15) is 21.6 Å². The Morgan fingerprint density at radius 1 is 1.24 bits per heavy atom. The van der Waals surface area contributed by atoms with Crippen LogP contribution in [0.25, 0.3) is 0 Å². The molecular weight excluding hydrogens is 361 g/mol. The van der Waals surface area contributed by atoms with E-state index in [4.69, 9.17) is 4.74 Å². The zero-order chi connectivity index (χ0) is 18.2. The first-order chi connectivity index (χ1) is 11.8. The van der Waals surface area contributed by atoms with Crippen molar-refractivity contribution in [3.05, 3.63) is 41.7 Å². The van der Waals surface area contributed by atoms with Gasteiger partial charge in [0.15, 0.2) is 11.6 Å². The van der Waals surface area contributed by atoms with Crippen LogP contribution in [0.1, 0.15) is 5.56 Å². The molecular formula is C15H13F3N2O4S. The van der Waals surface area contributed by atoms with E-state index >= 15 is 0 Å². The van der Waals surface area contributed by atoms with Crippen molar-refractivity contribution in [2.75, 3.05) is 18.0 Å². The van der Waals surface area contributed by atoms with Gasteiger partial charge in [-0.1, -0.05) is 0 Å². The molecule has 1 aromatic carbocycles. The van der Waals surface area contributed by atoms with Crippen LogP contribution in [0.5, 0.6) is 11.6 Å². The number of alkyl halides is 2. The molecule has 0 unspecified atom stereocenters. The predicted molar refractivity (Wildman–Crippen MR) is 82.1 cm³/mol. The molecule has 2 aromatic rings. The van der Waals surface area contributed by atoms with Gasteiger partial charge in [-0.25, -0.2) is 17.1 Å². The highest BCUT2D eigenvalue weighted by atomic mass is 32.2. The van der Waals surface area contributed by atoms with Gasteiger partial charge in [-0.05, 0) is 30.2 Å². The number of pyridine rings is 1. The molecule has 134 valence electrons. The van der Waals surface area contributed by atoms with Crippen molar-refractivity contribution in [1.82, 2.24) is 4.98 Å². The molecule has 0 radical (unpaired) electrons. The van der Waals surface area contributed by atoms with E-state index in [0.29, 0.717) is 12.0 Å². The molecule has 0 amide bonds. The molecule has 6 nitrogen and oxygen atoms in total. The van der Waals surface area contributed by atoms with Gasteiger partial charge in [0.05, 0.1) is 12.0 Å². The van der Waals surface area contributed by atoms with E-state index in [2.05, 4.69) is 9.72 Å². The summed E-state index contributed by atoms with van der Waals surface area (Å²) in [7, 11) is -2.73. The number of nitrogens with zero attached hydrogens (tertiary/aromatic N) is 2. The fourth-order valence-electron chi connectivity index (χ4n) is 2.50. The summed E-state index contributed by atoms with van der Waals surface area (Å²) in [4.78, 5) is 3.76. The first kappa shape index (κ1) is 17.3. The maximum absolute atomic E-state index is 13.5. The molecule has 0 N–H and O–H groups in total. The highest BCUT2D eigenvalue weighted by molar-refractivity contribution is 7.92. The molecule has 1 aromatic heterocycles. The van der Waals surface area contributed by atoms with Gasteiger partial charge >= 0.3 is 6.61 Å². The molecule has 3 rings (SSSR count). The molecule has 0 saturated heterocycles. The standard InChI is InChI=1S/C15H13F3N2O4S/c1-23-13-5-2-9-6-7-20(14(9)19-13)25(21,22)10-3-4-11(16)12(8-10)24-15(17)18/h2-5,8,15H,6-7H2,1H3. The van der Waals surface area contributed by atoms with Crippen LogP contribution < -0.4 is 13.8 Å². The van der Waals surface area contributed by atoms with Gasteiger partial charge < -0.3 is 9.47 Å². The minimum absolute atomic E-state index is 0.125. The SMILES string of the molecule is COc1ccc2c(n1)N(S(=O)(=O)c1ccc(F)c(OC(F)F)c1)CC2. The smallest absolute Gasteiger partial charge is 0.387 e. The normalized spacial score (nSPS) is 13.9. The third kappa shape index (κ3) is 3.21. The number of ether oxygens (including phenoxy) is 2. The van der Waals surface area contributed by atoms with Crippen LogP contribution in [0.3, 0.4) is 0 Å². The molecule has 1 aliphatic rings. The molecule has 0 spiro atoms. The van der Waals surface area contributed by atoms with E-state index in [1.165, 1.54) is 7.11 Å². The van der Waals surface area contributed by atoms with E-state index in [1.807, 2.05) is 0 Å². The number of benzene rings is 1. The lowest BCUT2D eigenvalue weighted by Crippen LogP contribution is -2.29. The monoisotopic (exact) mass is 374 g/mol. The van der Waals surface area contributed by atoms with Gasteiger partial charge in [0.25, 0.3) is 10.0 Å².